The summed E-state index contributed by atoms with van der Waals surface area (Å²) in [5, 5.41) is 0. The van der Waals surface area contributed by atoms with Crippen LogP contribution in [0.2, 0.25) is 4.34 Å². The number of carbonyl (C=O) groups is 1. The Morgan fingerprint density at radius 3 is 2.50 bits per heavy atom. The van der Waals surface area contributed by atoms with E-state index in [1.165, 1.54) is 11.3 Å². The van der Waals surface area contributed by atoms with Crippen molar-refractivity contribution in [2.24, 2.45) is 0 Å². The Balaban J connectivity index is 2.10. The van der Waals surface area contributed by atoms with Crippen LogP contribution in [-0.4, -0.2) is 18.9 Å². The van der Waals surface area contributed by atoms with Gasteiger partial charge in [0.15, 0.2) is 5.78 Å². The van der Waals surface area contributed by atoms with Gasteiger partial charge in [0.1, 0.15) is 0 Å². The molecular weight excluding hydrogens is 266 g/mol. The molecule has 2 rings (SSSR count). The Bertz CT molecular complexity index is 524. The fraction of sp³-hybridized carbons (Fsp3) is 0.214. The summed E-state index contributed by atoms with van der Waals surface area (Å²) in [5.41, 5.74) is 1.07. The van der Waals surface area contributed by atoms with Crippen LogP contribution in [0.15, 0.2) is 42.5 Å². The largest absolute Gasteiger partial charge is 0.364 e. The molecule has 0 unspecified atom stereocenters. The van der Waals surface area contributed by atoms with Gasteiger partial charge < -0.3 is 4.90 Å². The van der Waals surface area contributed by atoms with Gasteiger partial charge in [-0.3, -0.25) is 4.79 Å². The van der Waals surface area contributed by atoms with Crippen molar-refractivity contribution in [1.82, 2.24) is 0 Å². The molecule has 0 radical (unpaired) electrons. The van der Waals surface area contributed by atoms with Crippen molar-refractivity contribution >= 4 is 34.4 Å². The number of benzene rings is 1. The highest BCUT2D eigenvalue weighted by Crippen LogP contribution is 2.22. The lowest BCUT2D eigenvalue weighted by molar-refractivity contribution is 0.100. The molecule has 2 aromatic rings. The van der Waals surface area contributed by atoms with Crippen molar-refractivity contribution in [2.75, 3.05) is 18.0 Å². The van der Waals surface area contributed by atoms with Crippen LogP contribution in [0.25, 0.3) is 0 Å². The van der Waals surface area contributed by atoms with Crippen LogP contribution < -0.4 is 4.90 Å². The summed E-state index contributed by atoms with van der Waals surface area (Å²) < 4.78 is 0.654. The number of hydrogen-bond acceptors (Lipinski definition) is 3. The lowest BCUT2D eigenvalue weighted by atomic mass is 10.2. The molecule has 0 spiro atoms. The lowest BCUT2D eigenvalue weighted by Gasteiger charge is -2.21. The van der Waals surface area contributed by atoms with E-state index in [1.54, 1.807) is 12.1 Å². The van der Waals surface area contributed by atoms with Gasteiger partial charge in [-0.2, -0.15) is 0 Å². The number of anilines is 1. The first kappa shape index (κ1) is 13.1. The van der Waals surface area contributed by atoms with Gasteiger partial charge >= 0.3 is 0 Å². The molecule has 0 aliphatic heterocycles. The van der Waals surface area contributed by atoms with E-state index in [9.17, 15) is 4.79 Å². The zero-order valence-corrected chi connectivity index (χ0v) is 11.7. The number of carbonyl (C=O) groups excluding carboxylic acids is 1. The van der Waals surface area contributed by atoms with Crippen molar-refractivity contribution < 1.29 is 4.79 Å². The summed E-state index contributed by atoms with van der Waals surface area (Å²) >= 11 is 7.18. The van der Waals surface area contributed by atoms with Gasteiger partial charge in [0, 0.05) is 12.2 Å². The second kappa shape index (κ2) is 6.03. The topological polar surface area (TPSA) is 20.3 Å². The molecule has 0 amide bonds. The molecule has 0 saturated heterocycles. The molecule has 94 valence electrons. The molecule has 0 bridgehead atoms. The molecule has 0 atom stereocenters. The van der Waals surface area contributed by atoms with E-state index in [1.807, 2.05) is 37.3 Å². The minimum atomic E-state index is 0.109. The first-order chi connectivity index (χ1) is 8.70. The molecule has 1 aromatic heterocycles. The molecule has 0 N–H and O–H groups in total. The van der Waals surface area contributed by atoms with Gasteiger partial charge in [0.2, 0.25) is 0 Å². The first-order valence-electron chi connectivity index (χ1n) is 5.79. The van der Waals surface area contributed by atoms with Gasteiger partial charge in [-0.15, -0.1) is 11.3 Å². The van der Waals surface area contributed by atoms with Gasteiger partial charge in [-0.1, -0.05) is 29.8 Å². The van der Waals surface area contributed by atoms with E-state index in [0.29, 0.717) is 10.9 Å². The Morgan fingerprint density at radius 2 is 1.94 bits per heavy atom. The van der Waals surface area contributed by atoms with Crippen LogP contribution in [0.4, 0.5) is 5.69 Å². The van der Waals surface area contributed by atoms with Crippen molar-refractivity contribution in [3.05, 3.63) is 51.7 Å². The minimum absolute atomic E-state index is 0.109. The van der Waals surface area contributed by atoms with Crippen LogP contribution >= 0.6 is 22.9 Å². The minimum Gasteiger partial charge on any atom is -0.364 e. The Hall–Kier alpha value is -1.32. The van der Waals surface area contributed by atoms with Crippen LogP contribution in [-0.2, 0) is 0 Å². The predicted octanol–water partition coefficient (Wildman–Crippen LogP) is 4.11. The molecule has 0 aliphatic carbocycles. The van der Waals surface area contributed by atoms with E-state index < -0.39 is 0 Å². The number of rotatable bonds is 5. The van der Waals surface area contributed by atoms with E-state index in [4.69, 9.17) is 11.6 Å². The second-order valence-electron chi connectivity index (χ2n) is 3.88. The van der Waals surface area contributed by atoms with E-state index in [0.717, 1.165) is 17.1 Å². The number of thiophene rings is 1. The summed E-state index contributed by atoms with van der Waals surface area (Å²) in [7, 11) is 0. The van der Waals surface area contributed by atoms with Crippen molar-refractivity contribution in [1.29, 1.82) is 0 Å². The number of hydrogen-bond donors (Lipinski definition) is 0. The van der Waals surface area contributed by atoms with Gasteiger partial charge in [-0.05, 0) is 31.2 Å². The quantitative estimate of drug-likeness (QED) is 0.768. The molecule has 0 saturated carbocycles. The van der Waals surface area contributed by atoms with Crippen LogP contribution in [0, 0.1) is 0 Å². The number of Topliss-reactive ketones (excluding diaryl/α,β-unsaturated/α-hetero) is 1. The predicted molar refractivity (Wildman–Crippen MR) is 78.0 cm³/mol. The third-order valence-corrected chi connectivity index (χ3v) is 3.96. The van der Waals surface area contributed by atoms with E-state index >= 15 is 0 Å². The SMILES string of the molecule is CCN(CC(=O)c1ccc(Cl)s1)c1ccccc1. The normalized spacial score (nSPS) is 10.3. The zero-order valence-electron chi connectivity index (χ0n) is 10.1. The molecule has 18 heavy (non-hydrogen) atoms. The fourth-order valence-corrected chi connectivity index (χ4v) is 2.71. The third kappa shape index (κ3) is 3.12. The molecule has 1 heterocycles. The summed E-state index contributed by atoms with van der Waals surface area (Å²) in [6.45, 7) is 3.23. The number of likely N-dealkylation sites (N-methyl/N-ethyl adjacent to an activating group) is 1. The number of ketones is 1. The smallest absolute Gasteiger partial charge is 0.192 e. The molecule has 4 heteroatoms. The van der Waals surface area contributed by atoms with Crippen LogP contribution in [0.5, 0.6) is 0 Å². The number of halogens is 1. The maximum Gasteiger partial charge on any atom is 0.192 e. The lowest BCUT2D eigenvalue weighted by Crippen LogP contribution is -2.29. The second-order valence-corrected chi connectivity index (χ2v) is 5.59. The molecule has 2 nitrogen and oxygen atoms in total. The Labute approximate surface area is 116 Å². The fourth-order valence-electron chi connectivity index (χ4n) is 1.74. The summed E-state index contributed by atoms with van der Waals surface area (Å²) in [4.78, 5) is 14.9. The van der Waals surface area contributed by atoms with Crippen LogP contribution in [0.3, 0.4) is 0 Å². The van der Waals surface area contributed by atoms with Crippen molar-refractivity contribution in [3.8, 4) is 0 Å². The maximum atomic E-state index is 12.1. The highest BCUT2D eigenvalue weighted by molar-refractivity contribution is 7.18. The summed E-state index contributed by atoms with van der Waals surface area (Å²) in [6.07, 6.45) is 0. The monoisotopic (exact) mass is 279 g/mol. The van der Waals surface area contributed by atoms with E-state index in [-0.39, 0.29) is 5.78 Å². The maximum absolute atomic E-state index is 12.1. The average Bonchev–Trinajstić information content (AvgIpc) is 2.83. The molecule has 0 fully saturated rings. The highest BCUT2D eigenvalue weighted by Gasteiger charge is 2.13. The highest BCUT2D eigenvalue weighted by atomic mass is 35.5. The number of nitrogens with zero attached hydrogens (tertiary/aromatic N) is 1. The molecule has 1 aromatic carbocycles. The summed E-state index contributed by atoms with van der Waals surface area (Å²) in [6, 6.07) is 13.5. The van der Waals surface area contributed by atoms with Crippen molar-refractivity contribution in [2.45, 2.75) is 6.92 Å². The standard InChI is InChI=1S/C14H14ClNOS/c1-2-16(11-6-4-3-5-7-11)10-12(17)13-8-9-14(15)18-13/h3-9H,2,10H2,1H3. The third-order valence-electron chi connectivity index (χ3n) is 2.69. The van der Waals surface area contributed by atoms with Gasteiger partial charge in [-0.25, -0.2) is 0 Å². The van der Waals surface area contributed by atoms with Crippen LogP contribution in [0.1, 0.15) is 16.6 Å². The average molecular weight is 280 g/mol. The van der Waals surface area contributed by atoms with Gasteiger partial charge in [0.05, 0.1) is 15.8 Å². The van der Waals surface area contributed by atoms with E-state index in [2.05, 4.69) is 4.90 Å². The molecule has 0 aliphatic rings. The Morgan fingerprint density at radius 1 is 1.22 bits per heavy atom. The first-order valence-corrected chi connectivity index (χ1v) is 6.98. The van der Waals surface area contributed by atoms with Crippen molar-refractivity contribution in [3.63, 3.8) is 0 Å². The van der Waals surface area contributed by atoms with Gasteiger partial charge in [0.25, 0.3) is 0 Å². The molecular formula is C14H14ClNOS. The zero-order chi connectivity index (χ0) is 13.0. The summed E-state index contributed by atoms with van der Waals surface area (Å²) in [5.74, 6) is 0.109. The Kier molecular flexibility index (Phi) is 4.39. The number of para-hydroxylation sites is 1.